The highest BCUT2D eigenvalue weighted by molar-refractivity contribution is 6.20. The van der Waals surface area contributed by atoms with Gasteiger partial charge in [0.25, 0.3) is 0 Å². The molecule has 0 radical (unpaired) electrons. The molecule has 4 heteroatoms. The molecule has 0 fully saturated rings. The lowest BCUT2D eigenvalue weighted by Crippen LogP contribution is -2.06. The van der Waals surface area contributed by atoms with E-state index in [2.05, 4.69) is 5.10 Å². The van der Waals surface area contributed by atoms with Crippen molar-refractivity contribution in [3.63, 3.8) is 0 Å². The summed E-state index contributed by atoms with van der Waals surface area (Å²) in [6.45, 7) is 6.25. The number of hydrogen-bond donors (Lipinski definition) is 0. The Labute approximate surface area is 111 Å². The van der Waals surface area contributed by atoms with Crippen LogP contribution in [0.25, 0.3) is 0 Å². The van der Waals surface area contributed by atoms with Crippen LogP contribution in [0.5, 0.6) is 0 Å². The molecule has 1 heterocycles. The fourth-order valence-electron chi connectivity index (χ4n) is 2.23. The Balaban J connectivity index is 2.36. The van der Waals surface area contributed by atoms with Crippen LogP contribution in [0.3, 0.4) is 0 Å². The number of nitrogens with zero attached hydrogens (tertiary/aromatic N) is 2. The molecule has 18 heavy (non-hydrogen) atoms. The third kappa shape index (κ3) is 2.41. The van der Waals surface area contributed by atoms with Crippen LogP contribution in [-0.2, 0) is 6.54 Å². The quantitative estimate of drug-likeness (QED) is 0.768. The van der Waals surface area contributed by atoms with Crippen molar-refractivity contribution >= 4 is 11.6 Å². The van der Waals surface area contributed by atoms with Crippen molar-refractivity contribution in [3.05, 3.63) is 52.6 Å². The van der Waals surface area contributed by atoms with Crippen molar-refractivity contribution in [1.29, 1.82) is 0 Å². The lowest BCUT2D eigenvalue weighted by atomic mass is 10.1. The molecule has 2 aromatic rings. The van der Waals surface area contributed by atoms with Gasteiger partial charge in [0, 0.05) is 16.8 Å². The van der Waals surface area contributed by atoms with Gasteiger partial charge in [0.15, 0.2) is 0 Å². The van der Waals surface area contributed by atoms with Crippen LogP contribution in [0.1, 0.15) is 34.8 Å². The summed E-state index contributed by atoms with van der Waals surface area (Å²) in [7, 11) is 0. The minimum Gasteiger partial charge on any atom is -0.265 e. The molecule has 96 valence electrons. The molecule has 0 aliphatic heterocycles. The molecule has 1 aromatic carbocycles. The van der Waals surface area contributed by atoms with Gasteiger partial charge in [-0.2, -0.15) is 5.10 Å². The summed E-state index contributed by atoms with van der Waals surface area (Å²) < 4.78 is 15.4. The van der Waals surface area contributed by atoms with Crippen molar-refractivity contribution in [3.8, 4) is 0 Å². The predicted octanol–water partition coefficient (Wildman–Crippen LogP) is 3.99. The number of benzene rings is 1. The van der Waals surface area contributed by atoms with Crippen LogP contribution < -0.4 is 0 Å². The Hall–Kier alpha value is -1.35. The minimum absolute atomic E-state index is 0.0839. The highest BCUT2D eigenvalue weighted by Crippen LogP contribution is 2.26. The fraction of sp³-hybridized carbons (Fsp3) is 0.357. The van der Waals surface area contributed by atoms with Gasteiger partial charge in [-0.15, -0.1) is 11.6 Å². The van der Waals surface area contributed by atoms with E-state index in [1.54, 1.807) is 12.1 Å². The SMILES string of the molecule is Cc1nn(Cc2ccccc2F)c(C)c1C(C)Cl. The molecular formula is C14H16ClFN2. The van der Waals surface area contributed by atoms with E-state index < -0.39 is 0 Å². The fourth-order valence-corrected chi connectivity index (χ4v) is 2.54. The summed E-state index contributed by atoms with van der Waals surface area (Å²) in [6, 6.07) is 6.75. The van der Waals surface area contributed by atoms with E-state index in [0.29, 0.717) is 12.1 Å². The maximum absolute atomic E-state index is 13.6. The third-order valence-electron chi connectivity index (χ3n) is 3.11. The summed E-state index contributed by atoms with van der Waals surface area (Å²) >= 11 is 6.13. The molecule has 1 atom stereocenters. The molecule has 0 amide bonds. The molecule has 0 N–H and O–H groups in total. The van der Waals surface area contributed by atoms with Crippen molar-refractivity contribution in [1.82, 2.24) is 9.78 Å². The Morgan fingerprint density at radius 1 is 1.33 bits per heavy atom. The van der Waals surface area contributed by atoms with Crippen molar-refractivity contribution in [2.24, 2.45) is 0 Å². The molecule has 1 unspecified atom stereocenters. The van der Waals surface area contributed by atoms with Gasteiger partial charge in [-0.05, 0) is 26.8 Å². The molecular weight excluding hydrogens is 251 g/mol. The zero-order chi connectivity index (χ0) is 13.3. The highest BCUT2D eigenvalue weighted by Gasteiger charge is 2.16. The number of rotatable bonds is 3. The maximum Gasteiger partial charge on any atom is 0.128 e. The second-order valence-corrected chi connectivity index (χ2v) is 5.10. The number of aromatic nitrogens is 2. The van der Waals surface area contributed by atoms with Crippen molar-refractivity contribution in [2.45, 2.75) is 32.7 Å². The summed E-state index contributed by atoms with van der Waals surface area (Å²) in [4.78, 5) is 0. The van der Waals surface area contributed by atoms with Crippen LogP contribution in [0, 0.1) is 19.7 Å². The number of aryl methyl sites for hydroxylation is 1. The molecule has 0 saturated heterocycles. The Morgan fingerprint density at radius 2 is 2.00 bits per heavy atom. The van der Waals surface area contributed by atoms with E-state index in [1.165, 1.54) is 6.07 Å². The number of halogens is 2. The van der Waals surface area contributed by atoms with Gasteiger partial charge >= 0.3 is 0 Å². The van der Waals surface area contributed by atoms with Gasteiger partial charge in [0.1, 0.15) is 5.82 Å². The topological polar surface area (TPSA) is 17.8 Å². The third-order valence-corrected chi connectivity index (χ3v) is 3.33. The Morgan fingerprint density at radius 3 is 2.56 bits per heavy atom. The first-order valence-corrected chi connectivity index (χ1v) is 6.35. The lowest BCUT2D eigenvalue weighted by Gasteiger charge is -2.07. The first-order valence-electron chi connectivity index (χ1n) is 5.92. The van der Waals surface area contributed by atoms with Gasteiger partial charge in [-0.25, -0.2) is 4.39 Å². The lowest BCUT2D eigenvalue weighted by molar-refractivity contribution is 0.578. The second-order valence-electron chi connectivity index (χ2n) is 4.45. The van der Waals surface area contributed by atoms with Crippen LogP contribution in [0.4, 0.5) is 4.39 Å². The van der Waals surface area contributed by atoms with Crippen LogP contribution in [-0.4, -0.2) is 9.78 Å². The van der Waals surface area contributed by atoms with E-state index in [4.69, 9.17) is 11.6 Å². The standard InChI is InChI=1S/C14H16ClFN2/c1-9(15)14-10(2)17-18(11(14)3)8-12-6-4-5-7-13(12)16/h4-7,9H,8H2,1-3H3. The monoisotopic (exact) mass is 266 g/mol. The molecule has 2 rings (SSSR count). The van der Waals surface area contributed by atoms with E-state index in [1.807, 2.05) is 31.5 Å². The summed E-state index contributed by atoms with van der Waals surface area (Å²) in [5.74, 6) is -0.203. The average Bonchev–Trinajstić information content (AvgIpc) is 2.57. The largest absolute Gasteiger partial charge is 0.265 e. The smallest absolute Gasteiger partial charge is 0.128 e. The zero-order valence-electron chi connectivity index (χ0n) is 10.7. The van der Waals surface area contributed by atoms with Gasteiger partial charge in [-0.3, -0.25) is 4.68 Å². The molecule has 0 bridgehead atoms. The summed E-state index contributed by atoms with van der Waals surface area (Å²) in [6.07, 6.45) is 0. The minimum atomic E-state index is -0.203. The van der Waals surface area contributed by atoms with Crippen LogP contribution in [0.15, 0.2) is 24.3 Å². The van der Waals surface area contributed by atoms with Gasteiger partial charge in [0.05, 0.1) is 17.6 Å². The van der Waals surface area contributed by atoms with Gasteiger partial charge in [0.2, 0.25) is 0 Å². The molecule has 0 aliphatic carbocycles. The van der Waals surface area contributed by atoms with E-state index in [0.717, 1.165) is 17.0 Å². The first-order chi connectivity index (χ1) is 8.50. The predicted molar refractivity (Wildman–Crippen MR) is 71.5 cm³/mol. The Bertz CT molecular complexity index is 561. The summed E-state index contributed by atoms with van der Waals surface area (Å²) in [5.41, 5.74) is 3.58. The van der Waals surface area contributed by atoms with Crippen LogP contribution >= 0.6 is 11.6 Å². The van der Waals surface area contributed by atoms with Crippen LogP contribution in [0.2, 0.25) is 0 Å². The molecule has 1 aromatic heterocycles. The summed E-state index contributed by atoms with van der Waals surface area (Å²) in [5, 5.41) is 4.35. The Kier molecular flexibility index (Phi) is 3.71. The van der Waals surface area contributed by atoms with E-state index in [9.17, 15) is 4.39 Å². The first kappa shape index (κ1) is 13.1. The zero-order valence-corrected chi connectivity index (χ0v) is 11.5. The van der Waals surface area contributed by atoms with E-state index in [-0.39, 0.29) is 11.2 Å². The molecule has 0 saturated carbocycles. The highest BCUT2D eigenvalue weighted by atomic mass is 35.5. The number of hydrogen-bond acceptors (Lipinski definition) is 1. The van der Waals surface area contributed by atoms with Crippen molar-refractivity contribution in [2.75, 3.05) is 0 Å². The van der Waals surface area contributed by atoms with Crippen molar-refractivity contribution < 1.29 is 4.39 Å². The maximum atomic E-state index is 13.6. The molecule has 2 nitrogen and oxygen atoms in total. The molecule has 0 spiro atoms. The van der Waals surface area contributed by atoms with E-state index >= 15 is 0 Å². The molecule has 0 aliphatic rings. The second kappa shape index (κ2) is 5.11. The van der Waals surface area contributed by atoms with Gasteiger partial charge < -0.3 is 0 Å². The normalized spacial score (nSPS) is 12.7. The average molecular weight is 267 g/mol. The number of alkyl halides is 1. The van der Waals surface area contributed by atoms with Gasteiger partial charge in [-0.1, -0.05) is 18.2 Å².